The van der Waals surface area contributed by atoms with E-state index in [4.69, 9.17) is 16.3 Å². The van der Waals surface area contributed by atoms with Crippen molar-refractivity contribution in [2.45, 2.75) is 32.4 Å². The van der Waals surface area contributed by atoms with Crippen LogP contribution >= 0.6 is 11.6 Å². The van der Waals surface area contributed by atoms with Gasteiger partial charge in [0.1, 0.15) is 5.75 Å². The third kappa shape index (κ3) is 3.25. The molecule has 1 saturated heterocycles. The molecule has 110 valence electrons. The van der Waals surface area contributed by atoms with Crippen molar-refractivity contribution in [3.05, 3.63) is 28.8 Å². The van der Waals surface area contributed by atoms with Gasteiger partial charge in [-0.1, -0.05) is 24.6 Å². The van der Waals surface area contributed by atoms with Crippen molar-refractivity contribution in [2.24, 2.45) is 0 Å². The number of nitrogens with one attached hydrogen (secondary N) is 1. The van der Waals surface area contributed by atoms with Crippen molar-refractivity contribution >= 4 is 17.5 Å². The second-order valence-electron chi connectivity index (χ2n) is 4.93. The Morgan fingerprint density at radius 1 is 1.50 bits per heavy atom. The van der Waals surface area contributed by atoms with E-state index < -0.39 is 0 Å². The lowest BCUT2D eigenvalue weighted by Crippen LogP contribution is -2.50. The van der Waals surface area contributed by atoms with Crippen LogP contribution in [0.3, 0.4) is 0 Å². The minimum atomic E-state index is -0.0674. The molecule has 1 aromatic rings. The lowest BCUT2D eigenvalue weighted by molar-refractivity contribution is -0.136. The Morgan fingerprint density at radius 2 is 2.30 bits per heavy atom. The number of methoxy groups -OCH3 is 1. The van der Waals surface area contributed by atoms with Crippen LogP contribution in [0.1, 0.15) is 25.3 Å². The molecule has 1 heterocycles. The van der Waals surface area contributed by atoms with Crippen LogP contribution in [0, 0.1) is 0 Å². The molecule has 1 aliphatic heterocycles. The maximum atomic E-state index is 12.4. The van der Waals surface area contributed by atoms with Gasteiger partial charge in [0.15, 0.2) is 0 Å². The van der Waals surface area contributed by atoms with Crippen molar-refractivity contribution in [2.75, 3.05) is 20.2 Å². The van der Waals surface area contributed by atoms with E-state index in [-0.39, 0.29) is 11.9 Å². The van der Waals surface area contributed by atoms with E-state index in [0.717, 1.165) is 37.2 Å². The molecule has 0 saturated carbocycles. The van der Waals surface area contributed by atoms with Gasteiger partial charge in [-0.3, -0.25) is 4.79 Å². The zero-order chi connectivity index (χ0) is 14.5. The maximum Gasteiger partial charge on any atom is 0.240 e. The average molecular weight is 297 g/mol. The van der Waals surface area contributed by atoms with Crippen LogP contribution in [-0.2, 0) is 11.3 Å². The van der Waals surface area contributed by atoms with Crippen molar-refractivity contribution in [3.8, 4) is 5.75 Å². The molecule has 1 N–H and O–H groups in total. The Balaban J connectivity index is 2.15. The molecule has 1 aromatic carbocycles. The van der Waals surface area contributed by atoms with Gasteiger partial charge in [0.2, 0.25) is 5.91 Å². The molecule has 1 fully saturated rings. The number of rotatable bonds is 5. The molecule has 2 rings (SSSR count). The summed E-state index contributed by atoms with van der Waals surface area (Å²) < 4.78 is 5.34. The van der Waals surface area contributed by atoms with Crippen LogP contribution in [-0.4, -0.2) is 37.0 Å². The highest BCUT2D eigenvalue weighted by molar-refractivity contribution is 6.31. The van der Waals surface area contributed by atoms with Crippen LogP contribution in [0.4, 0.5) is 0 Å². The highest BCUT2D eigenvalue weighted by atomic mass is 35.5. The Morgan fingerprint density at radius 3 is 3.00 bits per heavy atom. The number of amides is 1. The zero-order valence-electron chi connectivity index (χ0n) is 12.0. The van der Waals surface area contributed by atoms with Gasteiger partial charge < -0.3 is 15.0 Å². The predicted molar refractivity (Wildman–Crippen MR) is 80.1 cm³/mol. The standard InChI is InChI=1S/C15H21ClN2O2/c1-3-17-13-7-5-9-18(15(13)19)10-11-12(16)6-4-8-14(11)20-2/h4,6,8,13,17H,3,5,7,9-10H2,1-2H3. The smallest absolute Gasteiger partial charge is 0.240 e. The van der Waals surface area contributed by atoms with Crippen LogP contribution in [0.5, 0.6) is 5.75 Å². The first-order chi connectivity index (χ1) is 9.67. The van der Waals surface area contributed by atoms with Gasteiger partial charge >= 0.3 is 0 Å². The number of likely N-dealkylation sites (N-methyl/N-ethyl adjacent to an activating group) is 1. The largest absolute Gasteiger partial charge is 0.496 e. The first kappa shape index (κ1) is 15.1. The third-order valence-electron chi connectivity index (χ3n) is 3.63. The third-order valence-corrected chi connectivity index (χ3v) is 3.98. The molecular weight excluding hydrogens is 276 g/mol. The van der Waals surface area contributed by atoms with Gasteiger partial charge in [0.25, 0.3) is 0 Å². The molecule has 5 heteroatoms. The summed E-state index contributed by atoms with van der Waals surface area (Å²) in [4.78, 5) is 14.3. The zero-order valence-corrected chi connectivity index (χ0v) is 12.7. The van der Waals surface area contributed by atoms with Crippen molar-refractivity contribution < 1.29 is 9.53 Å². The monoisotopic (exact) mass is 296 g/mol. The summed E-state index contributed by atoms with van der Waals surface area (Å²) in [5, 5.41) is 3.88. The molecule has 1 amide bonds. The fourth-order valence-electron chi connectivity index (χ4n) is 2.61. The number of ether oxygens (including phenoxy) is 1. The van der Waals surface area contributed by atoms with Crippen molar-refractivity contribution in [3.63, 3.8) is 0 Å². The molecule has 0 spiro atoms. The van der Waals surface area contributed by atoms with Crippen molar-refractivity contribution in [1.82, 2.24) is 10.2 Å². The van der Waals surface area contributed by atoms with E-state index in [1.54, 1.807) is 7.11 Å². The van der Waals surface area contributed by atoms with E-state index in [0.29, 0.717) is 11.6 Å². The van der Waals surface area contributed by atoms with Crippen molar-refractivity contribution in [1.29, 1.82) is 0 Å². The first-order valence-corrected chi connectivity index (χ1v) is 7.38. The molecular formula is C15H21ClN2O2. The minimum absolute atomic E-state index is 0.0674. The Labute approximate surface area is 125 Å². The Kier molecular flexibility index (Phi) is 5.26. The Hall–Kier alpha value is -1.26. The molecule has 1 unspecified atom stereocenters. The summed E-state index contributed by atoms with van der Waals surface area (Å²) in [5.41, 5.74) is 0.877. The first-order valence-electron chi connectivity index (χ1n) is 7.01. The molecule has 0 bridgehead atoms. The number of carbonyl (C=O) groups excluding carboxylic acids is 1. The predicted octanol–water partition coefficient (Wildman–Crippen LogP) is 2.45. The van der Waals surface area contributed by atoms with Crippen LogP contribution in [0.15, 0.2) is 18.2 Å². The summed E-state index contributed by atoms with van der Waals surface area (Å²) >= 11 is 6.24. The van der Waals surface area contributed by atoms with Gasteiger partial charge in [0.05, 0.1) is 19.7 Å². The van der Waals surface area contributed by atoms with E-state index in [1.165, 1.54) is 0 Å². The van der Waals surface area contributed by atoms with Crippen LogP contribution in [0.2, 0.25) is 5.02 Å². The highest BCUT2D eigenvalue weighted by Gasteiger charge is 2.28. The lowest BCUT2D eigenvalue weighted by Gasteiger charge is -2.33. The average Bonchev–Trinajstić information content (AvgIpc) is 2.45. The number of carbonyl (C=O) groups is 1. The normalized spacial score (nSPS) is 19.2. The fourth-order valence-corrected chi connectivity index (χ4v) is 2.83. The number of nitrogens with zero attached hydrogens (tertiary/aromatic N) is 1. The topological polar surface area (TPSA) is 41.6 Å². The SMILES string of the molecule is CCNC1CCCN(Cc2c(Cl)cccc2OC)C1=O. The number of benzene rings is 1. The van der Waals surface area contributed by atoms with Crippen LogP contribution < -0.4 is 10.1 Å². The summed E-state index contributed by atoms with van der Waals surface area (Å²) in [7, 11) is 1.62. The Bertz CT molecular complexity index is 477. The van der Waals surface area contributed by atoms with E-state index >= 15 is 0 Å². The molecule has 20 heavy (non-hydrogen) atoms. The second kappa shape index (κ2) is 6.95. The molecule has 4 nitrogen and oxygen atoms in total. The van der Waals surface area contributed by atoms with Gasteiger partial charge in [-0.15, -0.1) is 0 Å². The van der Waals surface area contributed by atoms with E-state index in [9.17, 15) is 4.79 Å². The summed E-state index contributed by atoms with van der Waals surface area (Å²) in [6, 6.07) is 5.49. The lowest BCUT2D eigenvalue weighted by atomic mass is 10.0. The molecule has 0 aromatic heterocycles. The van der Waals surface area contributed by atoms with Gasteiger partial charge in [-0.2, -0.15) is 0 Å². The molecule has 1 atom stereocenters. The van der Waals surface area contributed by atoms with Crippen LogP contribution in [0.25, 0.3) is 0 Å². The molecule has 0 radical (unpaired) electrons. The van der Waals surface area contributed by atoms with Gasteiger partial charge in [0, 0.05) is 17.1 Å². The molecule has 0 aliphatic carbocycles. The highest BCUT2D eigenvalue weighted by Crippen LogP contribution is 2.28. The van der Waals surface area contributed by atoms with Gasteiger partial charge in [-0.05, 0) is 31.5 Å². The summed E-state index contributed by atoms with van der Waals surface area (Å²) in [6.45, 7) is 4.10. The number of likely N-dealkylation sites (tertiary alicyclic amines) is 1. The number of piperidine rings is 1. The minimum Gasteiger partial charge on any atom is -0.496 e. The van der Waals surface area contributed by atoms with Gasteiger partial charge in [-0.25, -0.2) is 0 Å². The number of halogens is 1. The summed E-state index contributed by atoms with van der Waals surface area (Å²) in [6.07, 6.45) is 1.92. The number of hydrogen-bond acceptors (Lipinski definition) is 3. The second-order valence-corrected chi connectivity index (χ2v) is 5.34. The maximum absolute atomic E-state index is 12.4. The fraction of sp³-hybridized carbons (Fsp3) is 0.533. The number of hydrogen-bond donors (Lipinski definition) is 1. The molecule has 1 aliphatic rings. The van der Waals surface area contributed by atoms with E-state index in [1.807, 2.05) is 30.0 Å². The quantitative estimate of drug-likeness (QED) is 0.907. The summed E-state index contributed by atoms with van der Waals surface area (Å²) in [5.74, 6) is 0.885. The van der Waals surface area contributed by atoms with E-state index in [2.05, 4.69) is 5.32 Å².